The first-order valence-corrected chi connectivity index (χ1v) is 10.3. The van der Waals surface area contributed by atoms with Gasteiger partial charge in [-0.05, 0) is 43.2 Å². The van der Waals surface area contributed by atoms with Crippen molar-refractivity contribution < 1.29 is 22.7 Å². The van der Waals surface area contributed by atoms with Crippen molar-refractivity contribution in [1.29, 1.82) is 0 Å². The van der Waals surface area contributed by atoms with E-state index >= 15 is 0 Å². The molecule has 31 heavy (non-hydrogen) atoms. The Balaban J connectivity index is 1.84. The molecule has 4 rings (SSSR count). The largest absolute Gasteiger partial charge is 0.497 e. The van der Waals surface area contributed by atoms with Crippen molar-refractivity contribution in [3.8, 4) is 17.0 Å². The second kappa shape index (κ2) is 8.37. The van der Waals surface area contributed by atoms with E-state index in [9.17, 15) is 18.0 Å². The van der Waals surface area contributed by atoms with Gasteiger partial charge in [0.25, 0.3) is 5.91 Å². The summed E-state index contributed by atoms with van der Waals surface area (Å²) in [7, 11) is 1.50. The van der Waals surface area contributed by atoms with Crippen molar-refractivity contribution in [3.05, 3.63) is 46.7 Å². The molecular weight excluding hydrogens is 433 g/mol. The summed E-state index contributed by atoms with van der Waals surface area (Å²) in [5, 5.41) is 3.75. The van der Waals surface area contributed by atoms with E-state index in [1.165, 1.54) is 7.11 Å². The number of rotatable bonds is 3. The highest BCUT2D eigenvalue weighted by Gasteiger charge is 2.37. The van der Waals surface area contributed by atoms with Crippen LogP contribution in [0.5, 0.6) is 5.75 Å². The first-order valence-electron chi connectivity index (χ1n) is 9.90. The van der Waals surface area contributed by atoms with Crippen LogP contribution in [0.15, 0.2) is 30.3 Å². The number of hydrogen-bond donors (Lipinski definition) is 0. The van der Waals surface area contributed by atoms with Gasteiger partial charge in [0, 0.05) is 18.7 Å². The smallest absolute Gasteiger partial charge is 0.433 e. The molecule has 10 heteroatoms. The summed E-state index contributed by atoms with van der Waals surface area (Å²) >= 11 is 6.36. The average Bonchev–Trinajstić information content (AvgIpc) is 2.93. The lowest BCUT2D eigenvalue weighted by molar-refractivity contribution is -0.142. The number of aromatic nitrogens is 3. The lowest BCUT2D eigenvalue weighted by Gasteiger charge is -2.18. The molecular formula is C21H20ClF3N4O2. The number of alkyl halides is 3. The second-order valence-electron chi connectivity index (χ2n) is 7.36. The molecule has 0 unspecified atom stereocenters. The van der Waals surface area contributed by atoms with Crippen LogP contribution in [0, 0.1) is 0 Å². The Kier molecular flexibility index (Phi) is 5.79. The van der Waals surface area contributed by atoms with Gasteiger partial charge in [0.05, 0.1) is 12.8 Å². The molecule has 3 heterocycles. The third-order valence-electron chi connectivity index (χ3n) is 5.30. The number of hydrogen-bond acceptors (Lipinski definition) is 4. The lowest BCUT2D eigenvalue weighted by Crippen LogP contribution is -2.32. The molecule has 0 bridgehead atoms. The second-order valence-corrected chi connectivity index (χ2v) is 7.74. The van der Waals surface area contributed by atoms with Crippen LogP contribution < -0.4 is 4.74 Å². The minimum atomic E-state index is -4.72. The van der Waals surface area contributed by atoms with Crippen LogP contribution in [0.3, 0.4) is 0 Å². The van der Waals surface area contributed by atoms with Gasteiger partial charge in [-0.2, -0.15) is 18.3 Å². The third kappa shape index (κ3) is 4.19. The Labute approximate surface area is 181 Å². The van der Waals surface area contributed by atoms with E-state index in [-0.39, 0.29) is 22.1 Å². The van der Waals surface area contributed by atoms with Gasteiger partial charge in [-0.3, -0.25) is 4.79 Å². The highest BCUT2D eigenvalue weighted by Crippen LogP contribution is 2.35. The van der Waals surface area contributed by atoms with Crippen molar-refractivity contribution >= 4 is 23.2 Å². The molecule has 1 fully saturated rings. The van der Waals surface area contributed by atoms with E-state index < -0.39 is 17.8 Å². The fourth-order valence-electron chi connectivity index (χ4n) is 3.66. The number of carbonyl (C=O) groups excluding carboxylic acids is 1. The SMILES string of the molecule is COc1ccc(-c2cc(C(F)(F)F)n3nc(C(=O)N4CCCCCC4)c(Cl)c3n2)cc1. The minimum absolute atomic E-state index is 0.0676. The van der Waals surface area contributed by atoms with Crippen molar-refractivity contribution in [3.63, 3.8) is 0 Å². The Bertz CT molecular complexity index is 1100. The number of likely N-dealkylation sites (tertiary alicyclic amines) is 1. The molecule has 0 spiro atoms. The minimum Gasteiger partial charge on any atom is -0.497 e. The summed E-state index contributed by atoms with van der Waals surface area (Å²) in [6.45, 7) is 1.05. The van der Waals surface area contributed by atoms with Crippen molar-refractivity contribution in [2.24, 2.45) is 0 Å². The Hall–Kier alpha value is -2.81. The van der Waals surface area contributed by atoms with Crippen molar-refractivity contribution in [1.82, 2.24) is 19.5 Å². The maximum atomic E-state index is 13.8. The van der Waals surface area contributed by atoms with E-state index in [4.69, 9.17) is 16.3 Å². The molecule has 0 aliphatic carbocycles. The fraction of sp³-hybridized carbons (Fsp3) is 0.381. The molecule has 3 aromatic rings. The van der Waals surface area contributed by atoms with Gasteiger partial charge in [0.2, 0.25) is 0 Å². The number of amides is 1. The summed E-state index contributed by atoms with van der Waals surface area (Å²) in [6, 6.07) is 7.36. The van der Waals surface area contributed by atoms with Gasteiger partial charge in [-0.25, -0.2) is 9.50 Å². The number of methoxy groups -OCH3 is 1. The van der Waals surface area contributed by atoms with Crippen LogP contribution in [0.1, 0.15) is 41.9 Å². The normalized spacial score (nSPS) is 15.2. The van der Waals surface area contributed by atoms with Crippen LogP contribution in [0.2, 0.25) is 5.02 Å². The van der Waals surface area contributed by atoms with Crippen LogP contribution in [-0.4, -0.2) is 45.6 Å². The molecule has 0 atom stereocenters. The number of ether oxygens (including phenoxy) is 1. The third-order valence-corrected chi connectivity index (χ3v) is 5.65. The lowest BCUT2D eigenvalue weighted by atomic mass is 10.1. The molecule has 1 aromatic carbocycles. The van der Waals surface area contributed by atoms with E-state index in [2.05, 4.69) is 10.1 Å². The zero-order valence-electron chi connectivity index (χ0n) is 16.7. The highest BCUT2D eigenvalue weighted by molar-refractivity contribution is 6.36. The number of benzene rings is 1. The molecule has 1 aliphatic rings. The predicted octanol–water partition coefficient (Wildman–Crippen LogP) is 5.09. The quantitative estimate of drug-likeness (QED) is 0.555. The zero-order chi connectivity index (χ0) is 22.2. The fourth-order valence-corrected chi connectivity index (χ4v) is 3.90. The topological polar surface area (TPSA) is 59.7 Å². The van der Waals surface area contributed by atoms with Crippen molar-refractivity contribution in [2.75, 3.05) is 20.2 Å². The molecule has 6 nitrogen and oxygen atoms in total. The van der Waals surface area contributed by atoms with E-state index in [0.29, 0.717) is 28.9 Å². The number of halogens is 4. The van der Waals surface area contributed by atoms with Gasteiger partial charge >= 0.3 is 6.18 Å². The van der Waals surface area contributed by atoms with Gasteiger partial charge in [-0.15, -0.1) is 0 Å². The molecule has 1 aliphatic heterocycles. The summed E-state index contributed by atoms with van der Waals surface area (Å²) in [5.74, 6) is 0.0881. The molecule has 1 saturated heterocycles. The summed E-state index contributed by atoms with van der Waals surface area (Å²) in [6.07, 6.45) is -1.03. The summed E-state index contributed by atoms with van der Waals surface area (Å²) in [4.78, 5) is 18.9. The maximum absolute atomic E-state index is 13.8. The van der Waals surface area contributed by atoms with Crippen LogP contribution in [-0.2, 0) is 6.18 Å². The Morgan fingerprint density at radius 2 is 1.74 bits per heavy atom. The Morgan fingerprint density at radius 1 is 1.10 bits per heavy atom. The van der Waals surface area contributed by atoms with Crippen LogP contribution in [0.4, 0.5) is 13.2 Å². The Morgan fingerprint density at radius 3 is 2.32 bits per heavy atom. The van der Waals surface area contributed by atoms with Crippen molar-refractivity contribution in [2.45, 2.75) is 31.9 Å². The van der Waals surface area contributed by atoms with E-state index in [0.717, 1.165) is 31.7 Å². The molecule has 0 radical (unpaired) electrons. The van der Waals surface area contributed by atoms with E-state index in [1.54, 1.807) is 29.2 Å². The maximum Gasteiger partial charge on any atom is 0.433 e. The highest BCUT2D eigenvalue weighted by atomic mass is 35.5. The average molecular weight is 453 g/mol. The van der Waals surface area contributed by atoms with Gasteiger partial charge in [0.1, 0.15) is 10.8 Å². The van der Waals surface area contributed by atoms with Crippen LogP contribution >= 0.6 is 11.6 Å². The van der Waals surface area contributed by atoms with E-state index in [1.807, 2.05) is 0 Å². The van der Waals surface area contributed by atoms with Crippen LogP contribution in [0.25, 0.3) is 16.9 Å². The number of nitrogens with zero attached hydrogens (tertiary/aromatic N) is 4. The zero-order valence-corrected chi connectivity index (χ0v) is 17.5. The number of carbonyl (C=O) groups is 1. The molecule has 164 valence electrons. The number of fused-ring (bicyclic) bond motifs is 1. The first-order chi connectivity index (χ1) is 14.8. The summed E-state index contributed by atoms with van der Waals surface area (Å²) in [5.41, 5.74) is -0.960. The molecule has 1 amide bonds. The van der Waals surface area contributed by atoms with Gasteiger partial charge in [0.15, 0.2) is 17.0 Å². The monoisotopic (exact) mass is 452 g/mol. The first kappa shape index (κ1) is 21.4. The summed E-state index contributed by atoms with van der Waals surface area (Å²) < 4.78 is 47.2. The van der Waals surface area contributed by atoms with Gasteiger partial charge < -0.3 is 9.64 Å². The molecule has 2 aromatic heterocycles. The molecule has 0 saturated carbocycles. The van der Waals surface area contributed by atoms with Gasteiger partial charge in [-0.1, -0.05) is 24.4 Å². The predicted molar refractivity (Wildman–Crippen MR) is 109 cm³/mol. The molecule has 0 N–H and O–H groups in total. The standard InChI is InChI=1S/C21H20ClF3N4O2/c1-31-14-8-6-13(7-9-14)15-12-16(21(23,24)25)29-19(26-15)17(22)18(27-29)20(30)28-10-4-2-3-5-11-28/h6-9,12H,2-5,10-11H2,1H3.